The second kappa shape index (κ2) is 6.65. The zero-order chi connectivity index (χ0) is 17.0. The van der Waals surface area contributed by atoms with E-state index in [1.54, 1.807) is 24.8 Å². The maximum Gasteiger partial charge on any atom is 0.115 e. The Balaban J connectivity index is 2.13. The molecule has 0 radical (unpaired) electrons. The zero-order valence-electron chi connectivity index (χ0n) is 13.6. The van der Waals surface area contributed by atoms with Crippen LogP contribution in [0.2, 0.25) is 0 Å². The molecule has 0 aliphatic heterocycles. The molecule has 0 spiro atoms. The first-order chi connectivity index (χ1) is 12.4. The van der Waals surface area contributed by atoms with E-state index in [4.69, 9.17) is 0 Å². The molecule has 0 atom stereocenters. The number of aromatic nitrogens is 4. The summed E-state index contributed by atoms with van der Waals surface area (Å²) in [5, 5.41) is 0. The Hall–Kier alpha value is -3.34. The summed E-state index contributed by atoms with van der Waals surface area (Å²) in [6.07, 6.45) is 13.4. The van der Waals surface area contributed by atoms with Crippen LogP contribution in [0.4, 0.5) is 0 Å². The summed E-state index contributed by atoms with van der Waals surface area (Å²) >= 11 is 0. The van der Waals surface area contributed by atoms with Crippen molar-refractivity contribution in [2.75, 3.05) is 0 Å². The topological polar surface area (TPSA) is 51.6 Å². The normalized spacial score (nSPS) is 11.2. The summed E-state index contributed by atoms with van der Waals surface area (Å²) in [4.78, 5) is 17.5. The minimum absolute atomic E-state index is 1.11. The fraction of sp³-hybridized carbons (Fsp3) is 0. The van der Waals surface area contributed by atoms with Crippen LogP contribution in [0.5, 0.6) is 0 Å². The molecule has 4 rings (SSSR count). The quantitative estimate of drug-likeness (QED) is 0.517. The summed E-state index contributed by atoms with van der Waals surface area (Å²) in [6.45, 7) is 0. The first kappa shape index (κ1) is 15.2. The average molecular weight is 323 g/mol. The second-order valence-corrected chi connectivity index (χ2v) is 6.01. The van der Waals surface area contributed by atoms with Crippen LogP contribution in [-0.2, 0) is 0 Å². The third-order valence-corrected chi connectivity index (χ3v) is 4.74. The van der Waals surface area contributed by atoms with Crippen LogP contribution in [0.1, 0.15) is 0 Å². The Morgan fingerprint density at radius 2 is 0.720 bits per heavy atom. The number of hydrogen-bond acceptors (Lipinski definition) is 4. The summed E-state index contributed by atoms with van der Waals surface area (Å²) in [6, 6.07) is 16.3. The molecule has 0 aliphatic carbocycles. The van der Waals surface area contributed by atoms with Gasteiger partial charge in [-0.15, -0.1) is 0 Å². The monoisotopic (exact) mass is 323 g/mol. The number of pyridine rings is 4. The molecular formula is C20H16BN4-. The van der Waals surface area contributed by atoms with E-state index in [0.29, 0.717) is 0 Å². The molecule has 0 N–H and O–H groups in total. The smallest absolute Gasteiger partial charge is 0.115 e. The molecule has 0 saturated heterocycles. The van der Waals surface area contributed by atoms with E-state index in [1.807, 2.05) is 49.1 Å². The summed E-state index contributed by atoms with van der Waals surface area (Å²) in [7, 11) is 0. The van der Waals surface area contributed by atoms with Crippen LogP contribution in [-0.4, -0.2) is 26.1 Å². The Morgan fingerprint density at radius 3 is 0.920 bits per heavy atom. The molecule has 0 amide bonds. The van der Waals surface area contributed by atoms with E-state index < -0.39 is 6.15 Å². The van der Waals surface area contributed by atoms with E-state index in [1.165, 1.54) is 0 Å². The lowest BCUT2D eigenvalue weighted by atomic mass is 9.13. The van der Waals surface area contributed by atoms with Crippen molar-refractivity contribution in [3.8, 4) is 0 Å². The zero-order valence-corrected chi connectivity index (χ0v) is 13.6. The van der Waals surface area contributed by atoms with Gasteiger partial charge in [-0.3, -0.25) is 19.9 Å². The maximum atomic E-state index is 4.38. The lowest BCUT2D eigenvalue weighted by Crippen LogP contribution is -2.75. The SMILES string of the molecule is c1cncc([B-](c2cccnc2)(c2cccnc2)c2cccnc2)c1. The van der Waals surface area contributed by atoms with Crippen LogP contribution in [0.25, 0.3) is 0 Å². The van der Waals surface area contributed by atoms with Crippen molar-refractivity contribution >= 4 is 28.0 Å². The molecule has 0 fully saturated rings. The molecule has 0 saturated carbocycles. The van der Waals surface area contributed by atoms with Crippen molar-refractivity contribution in [2.45, 2.75) is 0 Å². The van der Waals surface area contributed by atoms with Gasteiger partial charge in [-0.25, -0.2) is 0 Å². The largest absolute Gasteiger partial charge is 0.268 e. The van der Waals surface area contributed by atoms with Crippen molar-refractivity contribution in [2.24, 2.45) is 0 Å². The van der Waals surface area contributed by atoms with Crippen molar-refractivity contribution in [3.63, 3.8) is 0 Å². The first-order valence-electron chi connectivity index (χ1n) is 8.20. The predicted molar refractivity (Wildman–Crippen MR) is 101 cm³/mol. The van der Waals surface area contributed by atoms with Crippen molar-refractivity contribution < 1.29 is 0 Å². The van der Waals surface area contributed by atoms with Gasteiger partial charge in [0, 0.05) is 24.8 Å². The van der Waals surface area contributed by atoms with Gasteiger partial charge in [0.25, 0.3) is 0 Å². The highest BCUT2D eigenvalue weighted by molar-refractivity contribution is 7.19. The summed E-state index contributed by atoms with van der Waals surface area (Å²) in [5.41, 5.74) is 4.43. The molecule has 0 bridgehead atoms. The Kier molecular flexibility index (Phi) is 4.05. The molecule has 0 aliphatic rings. The van der Waals surface area contributed by atoms with Crippen LogP contribution in [0.15, 0.2) is 98.1 Å². The van der Waals surface area contributed by atoms with E-state index >= 15 is 0 Å². The van der Waals surface area contributed by atoms with E-state index in [9.17, 15) is 0 Å². The highest BCUT2D eigenvalue weighted by atomic mass is 14.6. The molecule has 4 aromatic rings. The van der Waals surface area contributed by atoms with Crippen LogP contribution >= 0.6 is 0 Å². The van der Waals surface area contributed by atoms with Crippen molar-refractivity contribution in [3.05, 3.63) is 98.1 Å². The van der Waals surface area contributed by atoms with Crippen LogP contribution in [0, 0.1) is 0 Å². The Bertz CT molecular complexity index is 769. The third kappa shape index (κ3) is 2.60. The number of rotatable bonds is 4. The van der Waals surface area contributed by atoms with Gasteiger partial charge in [0.05, 0.1) is 0 Å². The van der Waals surface area contributed by atoms with E-state index in [2.05, 4.69) is 44.2 Å². The molecule has 0 aromatic carbocycles. The number of nitrogens with zero attached hydrogens (tertiary/aromatic N) is 4. The standard InChI is InChI=1S/C20H16BN4/c1-5-17(13-22-9-1)21(18-6-2-10-23-14-18,19-7-3-11-24-15-19)20-8-4-12-25-16-20/h1-16H/q-1. The van der Waals surface area contributed by atoms with Crippen molar-refractivity contribution in [1.29, 1.82) is 0 Å². The Morgan fingerprint density at radius 1 is 0.440 bits per heavy atom. The van der Waals surface area contributed by atoms with E-state index in [0.717, 1.165) is 21.9 Å². The maximum absolute atomic E-state index is 4.38. The van der Waals surface area contributed by atoms with Gasteiger partial charge in [0.2, 0.25) is 0 Å². The average Bonchev–Trinajstić information content (AvgIpc) is 2.72. The third-order valence-electron chi connectivity index (χ3n) is 4.74. The fourth-order valence-electron chi connectivity index (χ4n) is 3.68. The molecular weight excluding hydrogens is 307 g/mol. The minimum Gasteiger partial charge on any atom is -0.268 e. The summed E-state index contributed by atoms with van der Waals surface area (Å²) < 4.78 is 0. The van der Waals surface area contributed by atoms with E-state index in [-0.39, 0.29) is 0 Å². The molecule has 4 heterocycles. The minimum atomic E-state index is -1.47. The lowest BCUT2D eigenvalue weighted by Gasteiger charge is -2.42. The lowest BCUT2D eigenvalue weighted by molar-refractivity contribution is 1.32. The van der Waals surface area contributed by atoms with Gasteiger partial charge in [-0.2, -0.15) is 21.9 Å². The highest BCUT2D eigenvalue weighted by Crippen LogP contribution is 2.06. The molecule has 4 aromatic heterocycles. The highest BCUT2D eigenvalue weighted by Gasteiger charge is 2.32. The Labute approximate surface area is 146 Å². The van der Waals surface area contributed by atoms with Gasteiger partial charge in [0.1, 0.15) is 6.15 Å². The second-order valence-electron chi connectivity index (χ2n) is 6.01. The fourth-order valence-corrected chi connectivity index (χ4v) is 3.68. The van der Waals surface area contributed by atoms with Gasteiger partial charge >= 0.3 is 0 Å². The van der Waals surface area contributed by atoms with Gasteiger partial charge in [0.15, 0.2) is 0 Å². The first-order valence-corrected chi connectivity index (χ1v) is 8.20. The molecule has 0 unspecified atom stereocenters. The van der Waals surface area contributed by atoms with Gasteiger partial charge < -0.3 is 0 Å². The number of hydrogen-bond donors (Lipinski definition) is 0. The van der Waals surface area contributed by atoms with Gasteiger partial charge in [-0.1, -0.05) is 24.3 Å². The van der Waals surface area contributed by atoms with Crippen molar-refractivity contribution in [1.82, 2.24) is 19.9 Å². The van der Waals surface area contributed by atoms with Crippen LogP contribution in [0.3, 0.4) is 0 Å². The summed E-state index contributed by atoms with van der Waals surface area (Å²) in [5.74, 6) is 0. The molecule has 5 heteroatoms. The van der Waals surface area contributed by atoms with Gasteiger partial charge in [-0.05, 0) is 49.1 Å². The molecule has 120 valence electrons. The molecule has 25 heavy (non-hydrogen) atoms. The van der Waals surface area contributed by atoms with Crippen LogP contribution < -0.4 is 21.9 Å². The molecule has 4 nitrogen and oxygen atoms in total. The predicted octanol–water partition coefficient (Wildman–Crippen LogP) is 0.644.